The number of amides is 1. The molecule has 0 aromatic heterocycles. The molecule has 1 atom stereocenters. The summed E-state index contributed by atoms with van der Waals surface area (Å²) in [5, 5.41) is 22.1. The summed E-state index contributed by atoms with van der Waals surface area (Å²) in [7, 11) is 0. The molecule has 1 amide bonds. The van der Waals surface area contributed by atoms with Crippen LogP contribution in [0, 0.1) is 10.1 Å². The molecule has 1 N–H and O–H groups in total. The van der Waals surface area contributed by atoms with E-state index in [4.69, 9.17) is 4.74 Å². The Bertz CT molecular complexity index is 1060. The van der Waals surface area contributed by atoms with Gasteiger partial charge >= 0.3 is 0 Å². The number of ketones is 1. The van der Waals surface area contributed by atoms with Gasteiger partial charge in [-0.3, -0.25) is 24.6 Å². The highest BCUT2D eigenvalue weighted by atomic mass is 16.6. The van der Waals surface area contributed by atoms with E-state index in [0.29, 0.717) is 37.3 Å². The molecule has 0 radical (unpaired) electrons. The second-order valence-corrected chi connectivity index (χ2v) is 8.01. The molecule has 2 saturated heterocycles. The van der Waals surface area contributed by atoms with Gasteiger partial charge in [-0.2, -0.15) is 0 Å². The van der Waals surface area contributed by atoms with Crippen LogP contribution in [0.1, 0.15) is 23.6 Å². The molecule has 9 heteroatoms. The van der Waals surface area contributed by atoms with E-state index in [1.54, 1.807) is 30.3 Å². The number of Topliss-reactive ketones (excluding diaryl/α,β-unsaturated/α-hetero) is 1. The molecule has 2 aliphatic heterocycles. The Kier molecular flexibility index (Phi) is 6.81. The minimum Gasteiger partial charge on any atom is -0.507 e. The first-order valence-corrected chi connectivity index (χ1v) is 10.9. The van der Waals surface area contributed by atoms with Gasteiger partial charge in [-0.1, -0.05) is 30.3 Å². The number of rotatable bonds is 7. The number of aliphatic hydroxyl groups is 1. The summed E-state index contributed by atoms with van der Waals surface area (Å²) in [6, 6.07) is 13.5. The van der Waals surface area contributed by atoms with Gasteiger partial charge in [-0.25, -0.2) is 0 Å². The van der Waals surface area contributed by atoms with Crippen LogP contribution in [0.15, 0.2) is 60.2 Å². The second-order valence-electron chi connectivity index (χ2n) is 8.01. The van der Waals surface area contributed by atoms with Gasteiger partial charge in [0.1, 0.15) is 5.76 Å². The van der Waals surface area contributed by atoms with E-state index in [2.05, 4.69) is 4.90 Å². The Hall–Kier alpha value is -3.56. The van der Waals surface area contributed by atoms with Gasteiger partial charge in [0.2, 0.25) is 0 Å². The van der Waals surface area contributed by atoms with Crippen LogP contribution in [0.3, 0.4) is 0 Å². The minimum atomic E-state index is -0.823. The maximum absolute atomic E-state index is 13.0. The van der Waals surface area contributed by atoms with Gasteiger partial charge in [0.25, 0.3) is 17.4 Å². The summed E-state index contributed by atoms with van der Waals surface area (Å²) in [6.07, 6.45) is 0.641. The largest absolute Gasteiger partial charge is 0.507 e. The zero-order valence-electron chi connectivity index (χ0n) is 18.1. The van der Waals surface area contributed by atoms with Crippen LogP contribution in [0.4, 0.5) is 5.69 Å². The number of nitrogens with zero attached hydrogens (tertiary/aromatic N) is 3. The lowest BCUT2D eigenvalue weighted by atomic mass is 9.95. The van der Waals surface area contributed by atoms with Crippen molar-refractivity contribution in [3.05, 3.63) is 81.4 Å². The van der Waals surface area contributed by atoms with Crippen LogP contribution in [0.25, 0.3) is 5.76 Å². The van der Waals surface area contributed by atoms with E-state index in [0.717, 1.165) is 19.6 Å². The molecule has 0 aliphatic carbocycles. The topological polar surface area (TPSA) is 113 Å². The van der Waals surface area contributed by atoms with E-state index >= 15 is 0 Å². The molecule has 0 spiro atoms. The van der Waals surface area contributed by atoms with Gasteiger partial charge in [0.05, 0.1) is 29.8 Å². The van der Waals surface area contributed by atoms with E-state index in [1.165, 1.54) is 29.2 Å². The molecule has 9 nitrogen and oxygen atoms in total. The second kappa shape index (κ2) is 9.93. The third kappa shape index (κ3) is 4.79. The molecule has 172 valence electrons. The maximum Gasteiger partial charge on any atom is 0.295 e. The molecule has 2 aromatic carbocycles. The summed E-state index contributed by atoms with van der Waals surface area (Å²) in [5.74, 6) is -1.70. The van der Waals surface area contributed by atoms with Crippen molar-refractivity contribution in [2.45, 2.75) is 12.5 Å². The normalized spacial score (nSPS) is 20.8. The van der Waals surface area contributed by atoms with Gasteiger partial charge in [-0.05, 0) is 24.1 Å². The van der Waals surface area contributed by atoms with Crippen LogP contribution >= 0.6 is 0 Å². The number of nitro benzene ring substituents is 1. The molecule has 2 aliphatic rings. The summed E-state index contributed by atoms with van der Waals surface area (Å²) < 4.78 is 5.36. The standard InChI is InChI=1S/C24H25N3O6/c28-22(18-5-2-1-3-6-18)20-21(17-7-9-19(10-8-17)27(31)32)26(24(30)23(20)29)12-4-11-25-13-15-33-16-14-25/h1-3,5-10,21,28H,4,11-16H2/b22-20+/t21-/m0/s1. The van der Waals surface area contributed by atoms with Crippen molar-refractivity contribution < 1.29 is 24.4 Å². The van der Waals surface area contributed by atoms with Crippen molar-refractivity contribution in [1.82, 2.24) is 9.80 Å². The number of hydrogen-bond donors (Lipinski definition) is 1. The number of nitro groups is 1. The predicted molar refractivity (Wildman–Crippen MR) is 120 cm³/mol. The van der Waals surface area contributed by atoms with E-state index in [1.807, 2.05) is 0 Å². The first-order valence-electron chi connectivity index (χ1n) is 10.9. The number of ether oxygens (including phenoxy) is 1. The molecular weight excluding hydrogens is 426 g/mol. The van der Waals surface area contributed by atoms with Crippen LogP contribution in [-0.4, -0.2) is 70.9 Å². The Labute approximate surface area is 191 Å². The van der Waals surface area contributed by atoms with Crippen LogP contribution in [0.5, 0.6) is 0 Å². The number of carbonyl (C=O) groups excluding carboxylic acids is 2. The summed E-state index contributed by atoms with van der Waals surface area (Å²) in [5.41, 5.74) is 0.858. The molecular formula is C24H25N3O6. The fourth-order valence-electron chi connectivity index (χ4n) is 4.28. The highest BCUT2D eigenvalue weighted by Crippen LogP contribution is 2.39. The van der Waals surface area contributed by atoms with Gasteiger partial charge in [0.15, 0.2) is 0 Å². The number of aliphatic hydroxyl groups excluding tert-OH is 1. The molecule has 0 saturated carbocycles. The quantitative estimate of drug-likeness (QED) is 0.226. The smallest absolute Gasteiger partial charge is 0.295 e. The van der Waals surface area contributed by atoms with Crippen LogP contribution < -0.4 is 0 Å². The minimum absolute atomic E-state index is 0.00794. The van der Waals surface area contributed by atoms with E-state index < -0.39 is 22.7 Å². The first kappa shape index (κ1) is 22.6. The van der Waals surface area contributed by atoms with Crippen molar-refractivity contribution in [3.63, 3.8) is 0 Å². The van der Waals surface area contributed by atoms with Crippen molar-refractivity contribution >= 4 is 23.1 Å². The molecule has 2 aromatic rings. The van der Waals surface area contributed by atoms with Gasteiger partial charge in [-0.15, -0.1) is 0 Å². The fraction of sp³-hybridized carbons (Fsp3) is 0.333. The summed E-state index contributed by atoms with van der Waals surface area (Å²) in [4.78, 5) is 40.3. The summed E-state index contributed by atoms with van der Waals surface area (Å²) in [6.45, 7) is 4.04. The molecule has 4 rings (SSSR count). The van der Waals surface area contributed by atoms with Crippen molar-refractivity contribution in [1.29, 1.82) is 0 Å². The molecule has 0 unspecified atom stereocenters. The predicted octanol–water partition coefficient (Wildman–Crippen LogP) is 2.74. The lowest BCUT2D eigenvalue weighted by Crippen LogP contribution is -2.38. The van der Waals surface area contributed by atoms with Crippen molar-refractivity contribution in [2.75, 3.05) is 39.4 Å². The number of morpholine rings is 1. The lowest BCUT2D eigenvalue weighted by Gasteiger charge is -2.29. The molecule has 2 fully saturated rings. The first-order chi connectivity index (χ1) is 16.0. The Morgan fingerprint density at radius 3 is 2.33 bits per heavy atom. The Morgan fingerprint density at radius 2 is 1.70 bits per heavy atom. The Balaban J connectivity index is 1.67. The van der Waals surface area contributed by atoms with Crippen LogP contribution in [-0.2, 0) is 14.3 Å². The number of carbonyl (C=O) groups is 2. The fourth-order valence-corrected chi connectivity index (χ4v) is 4.28. The molecule has 0 bridgehead atoms. The average molecular weight is 451 g/mol. The van der Waals surface area contributed by atoms with E-state index in [9.17, 15) is 24.8 Å². The lowest BCUT2D eigenvalue weighted by molar-refractivity contribution is -0.384. The van der Waals surface area contributed by atoms with Crippen molar-refractivity contribution in [2.24, 2.45) is 0 Å². The number of non-ortho nitro benzene ring substituents is 1. The number of likely N-dealkylation sites (tertiary alicyclic amines) is 1. The van der Waals surface area contributed by atoms with Gasteiger partial charge < -0.3 is 14.7 Å². The van der Waals surface area contributed by atoms with Crippen LogP contribution in [0.2, 0.25) is 0 Å². The molecule has 2 heterocycles. The highest BCUT2D eigenvalue weighted by Gasteiger charge is 2.45. The third-order valence-electron chi connectivity index (χ3n) is 5.98. The van der Waals surface area contributed by atoms with Gasteiger partial charge in [0, 0.05) is 43.9 Å². The van der Waals surface area contributed by atoms with E-state index in [-0.39, 0.29) is 17.0 Å². The number of hydrogen-bond acceptors (Lipinski definition) is 7. The summed E-state index contributed by atoms with van der Waals surface area (Å²) >= 11 is 0. The molecule has 33 heavy (non-hydrogen) atoms. The Morgan fingerprint density at radius 1 is 1.03 bits per heavy atom. The third-order valence-corrected chi connectivity index (χ3v) is 5.98. The average Bonchev–Trinajstić information content (AvgIpc) is 3.10. The zero-order chi connectivity index (χ0) is 23.4. The highest BCUT2D eigenvalue weighted by molar-refractivity contribution is 6.46. The number of benzene rings is 2. The van der Waals surface area contributed by atoms with Crippen molar-refractivity contribution in [3.8, 4) is 0 Å². The zero-order valence-corrected chi connectivity index (χ0v) is 18.1. The maximum atomic E-state index is 13.0. The SMILES string of the molecule is O=C1C(=O)N(CCCN2CCOCC2)[C@@H](c2ccc([N+](=O)[O-])cc2)/C1=C(\O)c1ccccc1. The monoisotopic (exact) mass is 451 g/mol.